The van der Waals surface area contributed by atoms with Crippen molar-refractivity contribution in [1.29, 1.82) is 0 Å². The van der Waals surface area contributed by atoms with E-state index in [9.17, 15) is 4.79 Å². The molecule has 1 amide bonds. The fourth-order valence-electron chi connectivity index (χ4n) is 2.35. The summed E-state index contributed by atoms with van der Waals surface area (Å²) in [5, 5.41) is 0. The molecule has 0 aromatic heterocycles. The number of hydrogen-bond acceptors (Lipinski definition) is 4. The first-order chi connectivity index (χ1) is 7.97. The smallest absolute Gasteiger partial charge is 0.229 e. The first kappa shape index (κ1) is 14.4. The predicted octanol–water partition coefficient (Wildman–Crippen LogP) is -0.241. The lowest BCUT2D eigenvalue weighted by molar-refractivity contribution is -0.137. The van der Waals surface area contributed by atoms with Crippen molar-refractivity contribution in [1.82, 2.24) is 9.80 Å². The minimum Gasteiger partial charge on any atom is -0.379 e. The van der Waals surface area contributed by atoms with Crippen LogP contribution < -0.4 is 5.73 Å². The van der Waals surface area contributed by atoms with Crippen molar-refractivity contribution < 1.29 is 9.53 Å². The Labute approximate surface area is 104 Å². The average molecular weight is 243 g/mol. The maximum Gasteiger partial charge on any atom is 0.229 e. The van der Waals surface area contributed by atoms with Crippen molar-refractivity contribution in [2.75, 3.05) is 40.4 Å². The summed E-state index contributed by atoms with van der Waals surface area (Å²) in [7, 11) is 4.03. The standard InChI is InChI=1S/C12H25N3O2/c1-5-15(9(2)6-14(3)4)12(16)10-7-17-8-11(10)13/h9-11H,5-8,13H2,1-4H3. The van der Waals surface area contributed by atoms with Crippen LogP contribution in [0.15, 0.2) is 0 Å². The van der Waals surface area contributed by atoms with Crippen molar-refractivity contribution in [2.45, 2.75) is 25.9 Å². The van der Waals surface area contributed by atoms with Gasteiger partial charge in [0.2, 0.25) is 5.91 Å². The summed E-state index contributed by atoms with van der Waals surface area (Å²) in [5.41, 5.74) is 5.89. The Morgan fingerprint density at radius 3 is 2.53 bits per heavy atom. The molecule has 0 aliphatic carbocycles. The zero-order valence-electron chi connectivity index (χ0n) is 11.3. The molecule has 2 N–H and O–H groups in total. The molecule has 1 rings (SSSR count). The highest BCUT2D eigenvalue weighted by molar-refractivity contribution is 5.80. The molecule has 1 saturated heterocycles. The average Bonchev–Trinajstić information content (AvgIpc) is 2.64. The highest BCUT2D eigenvalue weighted by atomic mass is 16.5. The van der Waals surface area contributed by atoms with Crippen molar-refractivity contribution in [3.63, 3.8) is 0 Å². The van der Waals surface area contributed by atoms with Gasteiger partial charge in [-0.15, -0.1) is 0 Å². The Balaban J connectivity index is 2.62. The fraction of sp³-hybridized carbons (Fsp3) is 0.917. The van der Waals surface area contributed by atoms with Crippen LogP contribution in [0.5, 0.6) is 0 Å². The molecule has 0 aromatic rings. The zero-order valence-corrected chi connectivity index (χ0v) is 11.3. The molecule has 1 aliphatic heterocycles. The SMILES string of the molecule is CCN(C(=O)C1COCC1N)C(C)CN(C)C. The van der Waals surface area contributed by atoms with Gasteiger partial charge in [-0.2, -0.15) is 0 Å². The summed E-state index contributed by atoms with van der Waals surface area (Å²) in [6.07, 6.45) is 0. The highest BCUT2D eigenvalue weighted by Gasteiger charge is 2.35. The maximum absolute atomic E-state index is 12.4. The van der Waals surface area contributed by atoms with Gasteiger partial charge in [-0.1, -0.05) is 0 Å². The van der Waals surface area contributed by atoms with Gasteiger partial charge in [0.25, 0.3) is 0 Å². The third-order valence-corrected chi connectivity index (χ3v) is 3.23. The molecule has 17 heavy (non-hydrogen) atoms. The van der Waals surface area contributed by atoms with E-state index in [2.05, 4.69) is 11.8 Å². The summed E-state index contributed by atoms with van der Waals surface area (Å²) in [5.74, 6) is -0.0357. The molecular weight excluding hydrogens is 218 g/mol. The van der Waals surface area contributed by atoms with Gasteiger partial charge < -0.3 is 20.3 Å². The van der Waals surface area contributed by atoms with Gasteiger partial charge >= 0.3 is 0 Å². The van der Waals surface area contributed by atoms with E-state index in [0.717, 1.165) is 13.1 Å². The number of nitrogens with zero attached hydrogens (tertiary/aromatic N) is 2. The molecule has 1 heterocycles. The molecule has 0 bridgehead atoms. The highest BCUT2D eigenvalue weighted by Crippen LogP contribution is 2.16. The lowest BCUT2D eigenvalue weighted by atomic mass is 10.0. The van der Waals surface area contributed by atoms with Gasteiger partial charge in [0, 0.05) is 25.2 Å². The summed E-state index contributed by atoms with van der Waals surface area (Å²) in [6, 6.07) is 0.0541. The summed E-state index contributed by atoms with van der Waals surface area (Å²) in [4.78, 5) is 16.3. The van der Waals surface area contributed by atoms with Crippen LogP contribution in [0.1, 0.15) is 13.8 Å². The number of nitrogens with two attached hydrogens (primary N) is 1. The largest absolute Gasteiger partial charge is 0.379 e. The minimum absolute atomic E-state index is 0.131. The van der Waals surface area contributed by atoms with Crippen LogP contribution >= 0.6 is 0 Å². The van der Waals surface area contributed by atoms with E-state index >= 15 is 0 Å². The molecule has 3 unspecified atom stereocenters. The van der Waals surface area contributed by atoms with Crippen LogP contribution in [0.3, 0.4) is 0 Å². The molecule has 1 aliphatic rings. The molecule has 0 aromatic carbocycles. The number of carbonyl (C=O) groups is 1. The Morgan fingerprint density at radius 2 is 2.12 bits per heavy atom. The molecule has 0 spiro atoms. The van der Waals surface area contributed by atoms with E-state index in [1.165, 1.54) is 0 Å². The Bertz CT molecular complexity index is 258. The van der Waals surface area contributed by atoms with E-state index in [0.29, 0.717) is 13.2 Å². The molecule has 3 atom stereocenters. The lowest BCUT2D eigenvalue weighted by Gasteiger charge is -2.32. The number of carbonyl (C=O) groups excluding carboxylic acids is 1. The maximum atomic E-state index is 12.4. The van der Waals surface area contributed by atoms with Gasteiger partial charge in [-0.05, 0) is 27.9 Å². The molecule has 5 nitrogen and oxygen atoms in total. The van der Waals surface area contributed by atoms with Gasteiger partial charge in [-0.3, -0.25) is 4.79 Å². The van der Waals surface area contributed by atoms with Crippen LogP contribution in [0.25, 0.3) is 0 Å². The first-order valence-electron chi connectivity index (χ1n) is 6.25. The van der Waals surface area contributed by atoms with Crippen LogP contribution in [0, 0.1) is 5.92 Å². The molecular formula is C12H25N3O2. The molecule has 0 radical (unpaired) electrons. The zero-order chi connectivity index (χ0) is 13.0. The van der Waals surface area contributed by atoms with E-state index in [1.807, 2.05) is 25.9 Å². The normalized spacial score (nSPS) is 26.2. The van der Waals surface area contributed by atoms with Crippen molar-refractivity contribution >= 4 is 5.91 Å². The second-order valence-electron chi connectivity index (χ2n) is 5.04. The lowest BCUT2D eigenvalue weighted by Crippen LogP contribution is -2.49. The third-order valence-electron chi connectivity index (χ3n) is 3.23. The molecule has 1 fully saturated rings. The van der Waals surface area contributed by atoms with Gasteiger partial charge in [0.1, 0.15) is 0 Å². The number of amides is 1. The first-order valence-corrected chi connectivity index (χ1v) is 6.25. The second-order valence-corrected chi connectivity index (χ2v) is 5.04. The van der Waals surface area contributed by atoms with Crippen molar-refractivity contribution in [2.24, 2.45) is 11.7 Å². The number of ether oxygens (including phenoxy) is 1. The monoisotopic (exact) mass is 243 g/mol. The second kappa shape index (κ2) is 6.33. The van der Waals surface area contributed by atoms with Gasteiger partial charge in [0.15, 0.2) is 0 Å². The van der Waals surface area contributed by atoms with Crippen molar-refractivity contribution in [3.05, 3.63) is 0 Å². The summed E-state index contributed by atoms with van der Waals surface area (Å²) in [6.45, 7) is 6.62. The van der Waals surface area contributed by atoms with E-state index < -0.39 is 0 Å². The topological polar surface area (TPSA) is 58.8 Å². The van der Waals surface area contributed by atoms with E-state index in [4.69, 9.17) is 10.5 Å². The van der Waals surface area contributed by atoms with Crippen LogP contribution in [-0.4, -0.2) is 68.2 Å². The van der Waals surface area contributed by atoms with Crippen LogP contribution in [0.2, 0.25) is 0 Å². The quantitative estimate of drug-likeness (QED) is 0.724. The molecule has 100 valence electrons. The summed E-state index contributed by atoms with van der Waals surface area (Å²) < 4.78 is 5.26. The van der Waals surface area contributed by atoms with Crippen LogP contribution in [0.4, 0.5) is 0 Å². The van der Waals surface area contributed by atoms with Crippen LogP contribution in [-0.2, 0) is 9.53 Å². The Morgan fingerprint density at radius 1 is 1.47 bits per heavy atom. The predicted molar refractivity (Wildman–Crippen MR) is 67.7 cm³/mol. The van der Waals surface area contributed by atoms with E-state index in [1.54, 1.807) is 0 Å². The number of likely N-dealkylation sites (N-methyl/N-ethyl adjacent to an activating group) is 2. The summed E-state index contributed by atoms with van der Waals surface area (Å²) >= 11 is 0. The Hall–Kier alpha value is -0.650. The van der Waals surface area contributed by atoms with Gasteiger partial charge in [-0.25, -0.2) is 0 Å². The third kappa shape index (κ3) is 3.66. The van der Waals surface area contributed by atoms with Gasteiger partial charge in [0.05, 0.1) is 19.1 Å². The Kier molecular flexibility index (Phi) is 5.36. The van der Waals surface area contributed by atoms with E-state index in [-0.39, 0.29) is 23.9 Å². The van der Waals surface area contributed by atoms with Crippen molar-refractivity contribution in [3.8, 4) is 0 Å². The number of hydrogen-bond donors (Lipinski definition) is 1. The number of rotatable bonds is 5. The molecule has 0 saturated carbocycles. The fourth-order valence-corrected chi connectivity index (χ4v) is 2.35. The minimum atomic E-state index is -0.167. The molecule has 5 heteroatoms.